The summed E-state index contributed by atoms with van der Waals surface area (Å²) in [4.78, 5) is 3.98. The maximum Gasteiger partial charge on any atom is 0.141 e. The van der Waals surface area contributed by atoms with Crippen molar-refractivity contribution < 1.29 is 4.39 Å². The third-order valence-electron chi connectivity index (χ3n) is 4.37. The molecule has 1 N–H and O–H groups in total. The van der Waals surface area contributed by atoms with Crippen LogP contribution in [0.2, 0.25) is 0 Å². The Hall–Kier alpha value is -0.960. The Balaban J connectivity index is 1.80. The lowest BCUT2D eigenvalue weighted by molar-refractivity contribution is 0.423. The highest BCUT2D eigenvalue weighted by Crippen LogP contribution is 2.62. The topological polar surface area (TPSA) is 24.9 Å². The minimum absolute atomic E-state index is 0.226. The molecule has 2 saturated carbocycles. The maximum absolute atomic E-state index is 13.3. The molecular weight excluding hydrogens is 215 g/mol. The zero-order valence-electron chi connectivity index (χ0n) is 10.2. The molecule has 3 atom stereocenters. The lowest BCUT2D eigenvalue weighted by Gasteiger charge is -2.20. The lowest BCUT2D eigenvalue weighted by atomic mass is 9.98. The fraction of sp³-hybridized carbons (Fsp3) is 0.643. The number of nitrogens with zero attached hydrogens (tertiary/aromatic N) is 1. The van der Waals surface area contributed by atoms with Crippen LogP contribution in [0, 0.1) is 23.6 Å². The summed E-state index contributed by atoms with van der Waals surface area (Å²) in [6, 6.07) is 1.94. The molecule has 2 aliphatic carbocycles. The molecule has 0 amide bonds. The van der Waals surface area contributed by atoms with Gasteiger partial charge < -0.3 is 5.32 Å². The zero-order valence-corrected chi connectivity index (χ0v) is 10.2. The molecule has 2 fully saturated rings. The van der Waals surface area contributed by atoms with Gasteiger partial charge in [-0.05, 0) is 48.8 Å². The van der Waals surface area contributed by atoms with Crippen LogP contribution in [-0.4, -0.2) is 11.5 Å². The maximum atomic E-state index is 13.3. The van der Waals surface area contributed by atoms with Gasteiger partial charge in [0.05, 0.1) is 6.20 Å². The number of nitrogens with one attached hydrogen (secondary N) is 1. The number of fused-ring (bicyclic) bond motifs is 1. The number of aromatic nitrogens is 1. The van der Waals surface area contributed by atoms with E-state index in [1.54, 1.807) is 6.07 Å². The van der Waals surface area contributed by atoms with Gasteiger partial charge >= 0.3 is 0 Å². The zero-order chi connectivity index (χ0) is 11.8. The number of halogens is 1. The Morgan fingerprint density at radius 3 is 2.82 bits per heavy atom. The molecule has 0 radical (unpaired) electrons. The van der Waals surface area contributed by atoms with Crippen molar-refractivity contribution in [2.24, 2.45) is 17.8 Å². The second-order valence-electron chi connectivity index (χ2n) is 5.31. The fourth-order valence-electron chi connectivity index (χ4n) is 3.67. The van der Waals surface area contributed by atoms with Crippen molar-refractivity contribution in [3.05, 3.63) is 29.8 Å². The second kappa shape index (κ2) is 4.37. The highest BCUT2D eigenvalue weighted by atomic mass is 19.1. The van der Waals surface area contributed by atoms with Crippen molar-refractivity contribution in [2.45, 2.75) is 32.2 Å². The van der Waals surface area contributed by atoms with Gasteiger partial charge in [-0.25, -0.2) is 4.39 Å². The minimum atomic E-state index is -0.226. The van der Waals surface area contributed by atoms with E-state index < -0.39 is 0 Å². The summed E-state index contributed by atoms with van der Waals surface area (Å²) >= 11 is 0. The van der Waals surface area contributed by atoms with Gasteiger partial charge in [0.25, 0.3) is 0 Å². The van der Waals surface area contributed by atoms with Gasteiger partial charge in [-0.3, -0.25) is 4.98 Å². The van der Waals surface area contributed by atoms with Crippen LogP contribution in [0.4, 0.5) is 4.39 Å². The first-order chi connectivity index (χ1) is 8.31. The van der Waals surface area contributed by atoms with E-state index in [0.717, 1.165) is 23.9 Å². The van der Waals surface area contributed by atoms with Crippen molar-refractivity contribution in [1.82, 2.24) is 10.3 Å². The van der Waals surface area contributed by atoms with Crippen LogP contribution in [0.3, 0.4) is 0 Å². The van der Waals surface area contributed by atoms with Crippen molar-refractivity contribution in [2.75, 3.05) is 6.54 Å². The second-order valence-corrected chi connectivity index (χ2v) is 5.31. The summed E-state index contributed by atoms with van der Waals surface area (Å²) in [6.07, 6.45) is 7.19. The van der Waals surface area contributed by atoms with E-state index in [-0.39, 0.29) is 5.82 Å². The smallest absolute Gasteiger partial charge is 0.141 e. The van der Waals surface area contributed by atoms with E-state index in [4.69, 9.17) is 0 Å². The molecule has 1 aromatic heterocycles. The summed E-state index contributed by atoms with van der Waals surface area (Å²) in [5.41, 5.74) is 1.02. The Morgan fingerprint density at radius 1 is 1.41 bits per heavy atom. The predicted octanol–water partition coefficient (Wildman–Crippen LogP) is 2.92. The first-order valence-corrected chi connectivity index (χ1v) is 6.65. The molecule has 92 valence electrons. The van der Waals surface area contributed by atoms with Crippen LogP contribution in [-0.2, 0) is 0 Å². The molecule has 3 rings (SSSR count). The molecule has 0 aliphatic heterocycles. The van der Waals surface area contributed by atoms with Crippen molar-refractivity contribution in [3.63, 3.8) is 0 Å². The van der Waals surface area contributed by atoms with Crippen LogP contribution < -0.4 is 5.32 Å². The van der Waals surface area contributed by atoms with Crippen LogP contribution in [0.25, 0.3) is 0 Å². The molecule has 0 bridgehead atoms. The molecule has 1 aromatic rings. The largest absolute Gasteiger partial charge is 0.310 e. The Bertz CT molecular complexity index is 397. The number of hydrogen-bond acceptors (Lipinski definition) is 2. The molecule has 3 unspecified atom stereocenters. The average molecular weight is 234 g/mol. The first-order valence-electron chi connectivity index (χ1n) is 6.65. The molecule has 3 heteroatoms. The predicted molar refractivity (Wildman–Crippen MR) is 64.9 cm³/mol. The van der Waals surface area contributed by atoms with Crippen molar-refractivity contribution >= 4 is 0 Å². The number of hydrogen-bond donors (Lipinski definition) is 1. The summed E-state index contributed by atoms with van der Waals surface area (Å²) in [7, 11) is 0. The van der Waals surface area contributed by atoms with Crippen LogP contribution >= 0.6 is 0 Å². The van der Waals surface area contributed by atoms with E-state index in [1.165, 1.54) is 25.5 Å². The van der Waals surface area contributed by atoms with E-state index in [1.807, 2.05) is 6.20 Å². The highest BCUT2D eigenvalue weighted by molar-refractivity contribution is 5.21. The molecule has 2 nitrogen and oxygen atoms in total. The Labute approximate surface area is 102 Å². The van der Waals surface area contributed by atoms with Gasteiger partial charge in [0.15, 0.2) is 0 Å². The average Bonchev–Trinajstić information content (AvgIpc) is 2.79. The normalized spacial score (nSPS) is 32.2. The van der Waals surface area contributed by atoms with Gasteiger partial charge in [0, 0.05) is 12.2 Å². The molecular formula is C14H19FN2. The van der Waals surface area contributed by atoms with Gasteiger partial charge in [0.1, 0.15) is 5.82 Å². The fourth-order valence-corrected chi connectivity index (χ4v) is 3.67. The van der Waals surface area contributed by atoms with Crippen molar-refractivity contribution in [1.29, 1.82) is 0 Å². The van der Waals surface area contributed by atoms with Crippen molar-refractivity contribution in [3.8, 4) is 0 Å². The summed E-state index contributed by atoms with van der Waals surface area (Å²) in [6.45, 7) is 3.04. The van der Waals surface area contributed by atoms with Gasteiger partial charge in [-0.1, -0.05) is 13.3 Å². The Kier molecular flexibility index (Phi) is 2.87. The van der Waals surface area contributed by atoms with E-state index in [0.29, 0.717) is 12.0 Å². The Morgan fingerprint density at radius 2 is 2.18 bits per heavy atom. The quantitative estimate of drug-likeness (QED) is 0.866. The van der Waals surface area contributed by atoms with Crippen LogP contribution in [0.15, 0.2) is 18.5 Å². The third kappa shape index (κ3) is 1.97. The van der Waals surface area contributed by atoms with Gasteiger partial charge in [0.2, 0.25) is 0 Å². The molecule has 0 saturated heterocycles. The monoisotopic (exact) mass is 234 g/mol. The minimum Gasteiger partial charge on any atom is -0.310 e. The molecule has 1 heterocycles. The molecule has 0 aromatic carbocycles. The first kappa shape index (κ1) is 11.1. The van der Waals surface area contributed by atoms with E-state index in [2.05, 4.69) is 17.2 Å². The summed E-state index contributed by atoms with van der Waals surface area (Å²) in [5, 5.41) is 3.51. The van der Waals surface area contributed by atoms with Gasteiger partial charge in [-0.2, -0.15) is 0 Å². The molecule has 2 aliphatic rings. The van der Waals surface area contributed by atoms with Gasteiger partial charge in [-0.15, -0.1) is 0 Å². The summed E-state index contributed by atoms with van der Waals surface area (Å²) < 4.78 is 13.3. The van der Waals surface area contributed by atoms with E-state index in [9.17, 15) is 4.39 Å². The SMILES string of the molecule is CCNC(c1cncc(F)c1)C1C2CCCC21. The standard InChI is InChI=1S/C14H19FN2/c1-2-17-14(9-6-10(15)8-16-7-9)13-11-4-3-5-12(11)13/h6-8,11-14,17H,2-5H2,1H3. The van der Waals surface area contributed by atoms with Crippen LogP contribution in [0.1, 0.15) is 37.8 Å². The third-order valence-corrected chi connectivity index (χ3v) is 4.37. The molecule has 17 heavy (non-hydrogen) atoms. The van der Waals surface area contributed by atoms with E-state index >= 15 is 0 Å². The lowest BCUT2D eigenvalue weighted by Crippen LogP contribution is -2.24. The number of pyridine rings is 1. The molecule has 0 spiro atoms. The number of rotatable bonds is 4. The summed E-state index contributed by atoms with van der Waals surface area (Å²) in [5.74, 6) is 2.24. The van der Waals surface area contributed by atoms with Crippen LogP contribution in [0.5, 0.6) is 0 Å². The highest BCUT2D eigenvalue weighted by Gasteiger charge is 2.55.